The second kappa shape index (κ2) is 47.0. The molecule has 4 aromatic heterocycles. The number of benzene rings is 8. The molecule has 780 valence electrons. The van der Waals surface area contributed by atoms with Gasteiger partial charge in [0.1, 0.15) is 32.0 Å². The zero-order valence-corrected chi connectivity index (χ0v) is 80.9. The number of likely N-dealkylation sites (tertiary alicyclic amines) is 1. The van der Waals surface area contributed by atoms with E-state index in [2.05, 4.69) is 36.2 Å². The number of carbonyl (C=O) groups excluding carboxylic acids is 9. The summed E-state index contributed by atoms with van der Waals surface area (Å²) in [6.07, 6.45) is -8.46. The van der Waals surface area contributed by atoms with Crippen LogP contribution in [0.1, 0.15) is 200 Å². The van der Waals surface area contributed by atoms with Crippen LogP contribution in [0.3, 0.4) is 0 Å². The number of carbonyl (C=O) groups is 9. The minimum absolute atomic E-state index is 0.0138. The summed E-state index contributed by atoms with van der Waals surface area (Å²) in [6, 6.07) is 40.1. The van der Waals surface area contributed by atoms with Gasteiger partial charge in [0.15, 0.2) is 0 Å². The number of anilines is 8. The van der Waals surface area contributed by atoms with Gasteiger partial charge in [-0.3, -0.25) is 59.6 Å². The van der Waals surface area contributed by atoms with E-state index in [1.54, 1.807) is 92.3 Å². The Bertz CT molecular complexity index is 6810. The van der Waals surface area contributed by atoms with Crippen LogP contribution in [0.5, 0.6) is 0 Å². The van der Waals surface area contributed by atoms with Crippen molar-refractivity contribution in [1.29, 1.82) is 0 Å². The van der Waals surface area contributed by atoms with E-state index in [1.807, 2.05) is 57.9 Å². The number of aliphatic hydroxyl groups excluding tert-OH is 3. The number of fused-ring (bicyclic) bond motifs is 4. The van der Waals surface area contributed by atoms with Crippen LogP contribution in [0.4, 0.5) is 95.2 Å². The van der Waals surface area contributed by atoms with E-state index in [4.69, 9.17) is 28.7 Å². The standard InChI is InChI=1S/C29H32F3N5O5.C26H28F2N4O4.C24H25F3N4O4.C24H26F2N4O4/c1-28(2,3)42-27(40)35-11-9-20(10-12-35)37-23-8-7-21(36-13-14-41-17-24(36)38)16-22(23)33-26(37)34-25(39)18-5-4-6-19(15-18)29(30,31)32;27-24(28)17-2-1-3-18(12-17)25(35)30-26-29-21-13-20(31-10-11-36-15-23(31)34)8-9-22(21)32(26)19-6-4-16(14-33)5-7-19;1-2-17(8-10-32)31-20-7-6-18(30-9-11-35-14-21(30)33)13-19(20)28-23(31)29-22(34)15-4-3-5-16(12-15)24(25,26)27;1-2-17(8-10-31)30-20-7-6-18(29-9-11-34-14-21(29)32)13-19(20)27-24(30)28-23(33)16-5-3-4-15(12-16)22(25)26/h4-8,15-16,20H,9-14,17H2,1-3H3,(H,33,34,39);1-3,8-9,12-13,16,19,24,33H,4-7,10-11,14-15H2,(H,29,30,35);3-7,12-13,17,32H,2,8-11,14H2,1H3,(H,28,29,34);3-7,12-13,17,22,31H,2,8-11,14H2,1H3,(H,27,28,33). The summed E-state index contributed by atoms with van der Waals surface area (Å²) in [5.74, 6) is -2.09. The van der Waals surface area contributed by atoms with Crippen molar-refractivity contribution in [2.24, 2.45) is 5.92 Å². The molecule has 12 aromatic rings. The molecule has 147 heavy (non-hydrogen) atoms. The number of hydrogen-bond acceptors (Lipinski definition) is 21. The second-order valence-electron chi connectivity index (χ2n) is 36.8. The van der Waals surface area contributed by atoms with Gasteiger partial charge in [0.25, 0.3) is 60.1 Å². The quantitative estimate of drug-likeness (QED) is 0.0261. The van der Waals surface area contributed by atoms with E-state index < -0.39 is 71.7 Å². The highest BCUT2D eigenvalue weighted by Crippen LogP contribution is 2.43. The minimum Gasteiger partial charge on any atom is -0.444 e. The average Bonchev–Trinajstić information content (AvgIpc) is 1.64. The maximum Gasteiger partial charge on any atom is 0.416 e. The van der Waals surface area contributed by atoms with E-state index in [9.17, 15) is 102 Å². The van der Waals surface area contributed by atoms with Gasteiger partial charge in [-0.15, -0.1) is 0 Å². The molecule has 0 bridgehead atoms. The predicted octanol–water partition coefficient (Wildman–Crippen LogP) is 17.5. The highest BCUT2D eigenvalue weighted by molar-refractivity contribution is 6.08. The molecule has 1 aliphatic carbocycles. The monoisotopic (exact) mass is 2050 g/mol. The number of morpholine rings is 4. The highest BCUT2D eigenvalue weighted by atomic mass is 19.4. The third-order valence-electron chi connectivity index (χ3n) is 26.0. The Morgan fingerprint density at radius 2 is 0.714 bits per heavy atom. The number of rotatable bonds is 25. The molecule has 8 aromatic carbocycles. The maximum atomic E-state index is 13.3. The van der Waals surface area contributed by atoms with Gasteiger partial charge in [0.2, 0.25) is 23.8 Å². The van der Waals surface area contributed by atoms with Crippen LogP contribution in [-0.2, 0) is 55.2 Å². The van der Waals surface area contributed by atoms with Crippen molar-refractivity contribution in [1.82, 2.24) is 43.1 Å². The summed E-state index contributed by atoms with van der Waals surface area (Å²) in [5, 5.41) is 39.6. The number of aliphatic hydroxyl groups is 3. The number of imidazole rings is 4. The molecule has 2 atom stereocenters. The summed E-state index contributed by atoms with van der Waals surface area (Å²) < 4.78 is 165. The lowest BCUT2D eigenvalue weighted by Crippen LogP contribution is -2.42. The normalized spacial score (nSPS) is 17.2. The van der Waals surface area contributed by atoms with Crippen LogP contribution in [-0.4, -0.2) is 229 Å². The van der Waals surface area contributed by atoms with Crippen LogP contribution in [0.15, 0.2) is 170 Å². The van der Waals surface area contributed by atoms with Gasteiger partial charge in [-0.05, 0) is 224 Å². The average molecular weight is 2050 g/mol. The molecule has 0 spiro atoms. The van der Waals surface area contributed by atoms with E-state index >= 15 is 0 Å². The smallest absolute Gasteiger partial charge is 0.416 e. The maximum absolute atomic E-state index is 13.3. The predicted molar refractivity (Wildman–Crippen MR) is 525 cm³/mol. The second-order valence-corrected chi connectivity index (χ2v) is 36.8. The van der Waals surface area contributed by atoms with Crippen molar-refractivity contribution < 1.29 is 126 Å². The van der Waals surface area contributed by atoms with Crippen molar-refractivity contribution in [3.05, 3.63) is 214 Å². The van der Waals surface area contributed by atoms with Crippen molar-refractivity contribution in [3.8, 4) is 0 Å². The molecule has 1 saturated carbocycles. The Kier molecular flexibility index (Phi) is 34.2. The Morgan fingerprint density at radius 3 is 1.03 bits per heavy atom. The van der Waals surface area contributed by atoms with Gasteiger partial charge in [-0.2, -0.15) is 26.3 Å². The third-order valence-corrected chi connectivity index (χ3v) is 26.0. The van der Waals surface area contributed by atoms with Gasteiger partial charge in [-0.1, -0.05) is 50.2 Å². The first-order valence-corrected chi connectivity index (χ1v) is 48.2. The highest BCUT2D eigenvalue weighted by Gasteiger charge is 2.38. The zero-order chi connectivity index (χ0) is 105. The molecule has 2 unspecified atom stereocenters. The zero-order valence-electron chi connectivity index (χ0n) is 80.9. The number of piperidine rings is 1. The van der Waals surface area contributed by atoms with Gasteiger partial charge >= 0.3 is 18.4 Å². The van der Waals surface area contributed by atoms with Crippen molar-refractivity contribution >= 4 is 144 Å². The number of hydrogen-bond donors (Lipinski definition) is 7. The summed E-state index contributed by atoms with van der Waals surface area (Å²) >= 11 is 0. The lowest BCUT2D eigenvalue weighted by atomic mass is 9.86. The number of nitrogens with zero attached hydrogens (tertiary/aromatic N) is 13. The minimum atomic E-state index is -4.60. The fourth-order valence-corrected chi connectivity index (χ4v) is 18.6. The summed E-state index contributed by atoms with van der Waals surface area (Å²) in [7, 11) is 0. The molecular formula is C103H111F10N17O17. The SMILES string of the molecule is CC(C)(C)OC(=O)N1CCC(n2c(NC(=O)c3cccc(C(F)(F)F)c3)nc3cc(N4CCOCC4=O)ccc32)CC1.CCC(CCO)n1c(NC(=O)c2cccc(C(F)(F)F)c2)nc2cc(N3CCOCC3=O)ccc21.CCC(CCO)n1c(NC(=O)c2cccc(C(F)F)c2)nc2cc(N3CCOCC3=O)ccc21.O=C(Nc1nc2cc(N3CCOCC3=O)ccc2n1C1CCC(CO)CC1)c1cccc(C(F)F)c1. The fraction of sp³-hybridized carbons (Fsp3) is 0.408. The number of nitrogens with one attached hydrogen (secondary N) is 4. The molecule has 9 heterocycles. The first-order valence-electron chi connectivity index (χ1n) is 48.2. The molecule has 34 nitrogen and oxygen atoms in total. The molecular weight excluding hydrogens is 1940 g/mol. The van der Waals surface area contributed by atoms with E-state index in [0.29, 0.717) is 166 Å². The molecule has 5 saturated heterocycles. The summed E-state index contributed by atoms with van der Waals surface area (Å²) in [5.41, 5.74) is 4.60. The molecule has 6 fully saturated rings. The number of halogens is 10. The molecule has 7 N–H and O–H groups in total. The van der Waals surface area contributed by atoms with Crippen molar-refractivity contribution in [3.63, 3.8) is 0 Å². The first kappa shape index (κ1) is 107. The van der Waals surface area contributed by atoms with Gasteiger partial charge < -0.3 is 81.8 Å². The van der Waals surface area contributed by atoms with Gasteiger partial charge in [0.05, 0.1) is 81.7 Å². The lowest BCUT2D eigenvalue weighted by Gasteiger charge is -2.34. The number of ether oxygens (including phenoxy) is 5. The Labute approximate surface area is 836 Å². The molecule has 44 heteroatoms. The topological polar surface area (TPSA) is 396 Å². The largest absolute Gasteiger partial charge is 0.444 e. The van der Waals surface area contributed by atoms with E-state index in [-0.39, 0.29) is 151 Å². The Balaban J connectivity index is 0.000000147. The van der Waals surface area contributed by atoms with E-state index in [0.717, 1.165) is 67.0 Å². The summed E-state index contributed by atoms with van der Waals surface area (Å²) in [4.78, 5) is 140. The van der Waals surface area contributed by atoms with Crippen LogP contribution < -0.4 is 40.9 Å². The molecule has 0 radical (unpaired) electrons. The number of alkyl halides is 10. The van der Waals surface area contributed by atoms with Crippen LogP contribution >= 0.6 is 0 Å². The summed E-state index contributed by atoms with van der Waals surface area (Å²) in [6.45, 7) is 13.4. The fourth-order valence-electron chi connectivity index (χ4n) is 18.6. The van der Waals surface area contributed by atoms with Crippen LogP contribution in [0.25, 0.3) is 44.1 Å². The lowest BCUT2D eigenvalue weighted by molar-refractivity contribution is -0.138. The number of amides is 9. The van der Waals surface area contributed by atoms with Gasteiger partial charge in [-0.25, -0.2) is 42.3 Å². The third kappa shape index (κ3) is 25.5. The molecule has 6 aliphatic rings. The van der Waals surface area contributed by atoms with Crippen molar-refractivity contribution in [2.45, 2.75) is 154 Å². The number of aromatic nitrogens is 8. The van der Waals surface area contributed by atoms with Crippen LogP contribution in [0.2, 0.25) is 0 Å². The Morgan fingerprint density at radius 1 is 0.401 bits per heavy atom. The Hall–Kier alpha value is -14.3. The molecule has 9 amide bonds. The van der Waals surface area contributed by atoms with Crippen molar-refractivity contribution in [2.75, 3.05) is 153 Å². The first-order chi connectivity index (χ1) is 70.4. The molecule has 5 aliphatic heterocycles. The van der Waals surface area contributed by atoms with E-state index in [1.165, 1.54) is 66.7 Å². The molecule has 18 rings (SSSR count). The van der Waals surface area contributed by atoms with Crippen LogP contribution in [0, 0.1) is 5.92 Å². The van der Waals surface area contributed by atoms with Gasteiger partial charge in [0, 0.05) is 139 Å².